The maximum atomic E-state index is 13.9. The van der Waals surface area contributed by atoms with Crippen molar-refractivity contribution in [3.8, 4) is 0 Å². The molecule has 0 aliphatic carbocycles. The van der Waals surface area contributed by atoms with E-state index in [1.165, 1.54) is 23.9 Å². The Bertz CT molecular complexity index is 1450. The van der Waals surface area contributed by atoms with Gasteiger partial charge in [-0.1, -0.05) is 43.3 Å². The number of sulfone groups is 1. The molecule has 4 heterocycles. The van der Waals surface area contributed by atoms with Crippen LogP contribution in [0.2, 0.25) is 0 Å². The molecule has 39 heavy (non-hydrogen) atoms. The zero-order valence-corrected chi connectivity index (χ0v) is 23.7. The maximum Gasteiger partial charge on any atom is 0.253 e. The molecule has 0 spiro atoms. The predicted molar refractivity (Wildman–Crippen MR) is 153 cm³/mol. The molecule has 1 amide bonds. The summed E-state index contributed by atoms with van der Waals surface area (Å²) in [5, 5.41) is -0.0971. The van der Waals surface area contributed by atoms with E-state index >= 15 is 0 Å². The van der Waals surface area contributed by atoms with Gasteiger partial charge in [0.25, 0.3) is 5.91 Å². The first-order valence-electron chi connectivity index (χ1n) is 13.6. The van der Waals surface area contributed by atoms with Crippen molar-refractivity contribution in [3.05, 3.63) is 71.9 Å². The average Bonchev–Trinajstić information content (AvgIpc) is 3.20. The molecule has 8 nitrogen and oxygen atoms in total. The number of amides is 1. The number of rotatable bonds is 7. The fourth-order valence-corrected chi connectivity index (χ4v) is 7.61. The van der Waals surface area contributed by atoms with E-state index in [1.807, 2.05) is 17.0 Å². The molecular weight excluding hydrogens is 510 g/mol. The third-order valence-corrected chi connectivity index (χ3v) is 9.74. The molecule has 2 fully saturated rings. The Labute approximate surface area is 231 Å². The van der Waals surface area contributed by atoms with Gasteiger partial charge in [-0.05, 0) is 75.1 Å². The van der Waals surface area contributed by atoms with Crippen molar-refractivity contribution in [1.29, 1.82) is 0 Å². The molecule has 5 rings (SSSR count). The highest BCUT2D eigenvalue weighted by molar-refractivity contribution is 7.91. The number of nitrogens with two attached hydrogens (primary N) is 1. The second-order valence-electron chi connectivity index (χ2n) is 11.6. The Kier molecular flexibility index (Phi) is 7.37. The number of pyridine rings is 2. The Hall–Kier alpha value is -3.46. The van der Waals surface area contributed by atoms with Crippen LogP contribution in [0, 0.1) is 11.8 Å². The van der Waals surface area contributed by atoms with Crippen LogP contribution < -0.4 is 15.5 Å². The second kappa shape index (κ2) is 10.6. The van der Waals surface area contributed by atoms with E-state index in [0.717, 1.165) is 38.8 Å². The van der Waals surface area contributed by atoms with Crippen molar-refractivity contribution in [2.45, 2.75) is 61.9 Å². The second-order valence-corrected chi connectivity index (χ2v) is 13.4. The molecule has 1 aromatic carbocycles. The van der Waals surface area contributed by atoms with E-state index in [1.54, 1.807) is 6.07 Å². The van der Waals surface area contributed by atoms with Crippen LogP contribution in [0.15, 0.2) is 70.7 Å². The fourth-order valence-electron chi connectivity index (χ4n) is 6.21. The van der Waals surface area contributed by atoms with Gasteiger partial charge in [-0.25, -0.2) is 18.4 Å². The summed E-state index contributed by atoms with van der Waals surface area (Å²) in [6, 6.07) is 16.9. The van der Waals surface area contributed by atoms with Crippen LogP contribution in [0.5, 0.6) is 0 Å². The summed E-state index contributed by atoms with van der Waals surface area (Å²) < 4.78 is 27.8. The van der Waals surface area contributed by atoms with E-state index in [9.17, 15) is 13.2 Å². The monoisotopic (exact) mass is 547 g/mol. The molecule has 2 saturated heterocycles. The molecule has 0 saturated carbocycles. The van der Waals surface area contributed by atoms with Crippen LogP contribution in [-0.4, -0.2) is 49.5 Å². The van der Waals surface area contributed by atoms with Crippen LogP contribution in [-0.2, 0) is 16.3 Å². The van der Waals surface area contributed by atoms with Gasteiger partial charge in [0.1, 0.15) is 17.2 Å². The Morgan fingerprint density at radius 2 is 1.77 bits per heavy atom. The molecule has 9 heteroatoms. The van der Waals surface area contributed by atoms with Crippen LogP contribution in [0.4, 0.5) is 11.6 Å². The van der Waals surface area contributed by atoms with Gasteiger partial charge >= 0.3 is 0 Å². The number of hydrogen-bond donors (Lipinski definition) is 1. The number of aromatic nitrogens is 2. The molecule has 2 aliphatic heterocycles. The van der Waals surface area contributed by atoms with Gasteiger partial charge in [-0.2, -0.15) is 0 Å². The van der Waals surface area contributed by atoms with Gasteiger partial charge in [-0.3, -0.25) is 4.79 Å². The predicted octanol–water partition coefficient (Wildman–Crippen LogP) is 4.49. The third-order valence-electron chi connectivity index (χ3n) is 8.05. The smallest absolute Gasteiger partial charge is 0.253 e. The number of benzene rings is 1. The number of anilines is 2. The topological polar surface area (TPSA) is 109 Å². The number of primary amides is 1. The average molecular weight is 548 g/mol. The lowest BCUT2D eigenvalue weighted by molar-refractivity contribution is 0.0997. The van der Waals surface area contributed by atoms with Crippen molar-refractivity contribution in [2.75, 3.05) is 29.4 Å². The molecule has 0 bridgehead atoms. The van der Waals surface area contributed by atoms with Gasteiger partial charge in [0, 0.05) is 31.4 Å². The zero-order chi connectivity index (χ0) is 27.8. The molecular formula is C30H37N5O3S. The van der Waals surface area contributed by atoms with Gasteiger partial charge in [-0.15, -0.1) is 0 Å². The number of nitrogens with zero attached hydrogens (tertiary/aromatic N) is 4. The zero-order valence-electron chi connectivity index (χ0n) is 22.9. The molecule has 2 aromatic heterocycles. The van der Waals surface area contributed by atoms with Crippen molar-refractivity contribution >= 4 is 27.4 Å². The highest BCUT2D eigenvalue weighted by atomic mass is 32.2. The fraction of sp³-hybridized carbons (Fsp3) is 0.433. The Morgan fingerprint density at radius 1 is 1.05 bits per heavy atom. The van der Waals surface area contributed by atoms with Crippen molar-refractivity contribution in [2.24, 2.45) is 17.6 Å². The van der Waals surface area contributed by atoms with Crippen molar-refractivity contribution in [1.82, 2.24) is 9.97 Å². The first kappa shape index (κ1) is 27.1. The molecule has 1 atom stereocenters. The molecule has 206 valence electrons. The summed E-state index contributed by atoms with van der Waals surface area (Å²) >= 11 is 0. The molecule has 0 radical (unpaired) electrons. The highest BCUT2D eigenvalue weighted by Crippen LogP contribution is 2.39. The SMILES string of the molecule is CC1CN(c2nccc(S(=O)(=O)c3cccc(N4CCC(Cc5ccccc5)CC4)n3)c2C(N)=O)C(C)(C)C1. The van der Waals surface area contributed by atoms with Crippen LogP contribution >= 0.6 is 0 Å². The van der Waals surface area contributed by atoms with E-state index in [2.05, 4.69) is 59.9 Å². The third kappa shape index (κ3) is 5.50. The van der Waals surface area contributed by atoms with E-state index < -0.39 is 15.7 Å². The first-order valence-corrected chi connectivity index (χ1v) is 15.1. The lowest BCUT2D eigenvalue weighted by Gasteiger charge is -2.34. The van der Waals surface area contributed by atoms with Gasteiger partial charge in [0.2, 0.25) is 9.84 Å². The van der Waals surface area contributed by atoms with E-state index in [4.69, 9.17) is 5.73 Å². The molecule has 2 N–H and O–H groups in total. The minimum atomic E-state index is -4.14. The first-order chi connectivity index (χ1) is 18.6. The Morgan fingerprint density at radius 3 is 2.41 bits per heavy atom. The van der Waals surface area contributed by atoms with Crippen molar-refractivity contribution < 1.29 is 13.2 Å². The lowest BCUT2D eigenvalue weighted by Crippen LogP contribution is -2.40. The van der Waals surface area contributed by atoms with Gasteiger partial charge in [0.05, 0.1) is 4.90 Å². The molecule has 3 aromatic rings. The largest absolute Gasteiger partial charge is 0.365 e. The summed E-state index contributed by atoms with van der Waals surface area (Å²) in [5.74, 6) is 1.08. The van der Waals surface area contributed by atoms with Crippen molar-refractivity contribution in [3.63, 3.8) is 0 Å². The van der Waals surface area contributed by atoms with Gasteiger partial charge in [0.15, 0.2) is 5.03 Å². The van der Waals surface area contributed by atoms with E-state index in [-0.39, 0.29) is 21.0 Å². The van der Waals surface area contributed by atoms with Gasteiger partial charge < -0.3 is 15.5 Å². The summed E-state index contributed by atoms with van der Waals surface area (Å²) in [6.07, 6.45) is 5.41. The quantitative estimate of drug-likeness (QED) is 0.464. The number of hydrogen-bond acceptors (Lipinski definition) is 7. The summed E-state index contributed by atoms with van der Waals surface area (Å²) in [7, 11) is -4.14. The number of piperidine rings is 1. The summed E-state index contributed by atoms with van der Waals surface area (Å²) in [5.41, 5.74) is 6.78. The number of carbonyl (C=O) groups is 1. The summed E-state index contributed by atoms with van der Waals surface area (Å²) in [6.45, 7) is 8.55. The number of carbonyl (C=O) groups excluding carboxylic acids is 1. The van der Waals surface area contributed by atoms with Crippen LogP contribution in [0.1, 0.15) is 56.0 Å². The highest BCUT2D eigenvalue weighted by Gasteiger charge is 2.40. The minimum absolute atomic E-state index is 0.0754. The molecule has 2 aliphatic rings. The lowest BCUT2D eigenvalue weighted by atomic mass is 9.90. The van der Waals surface area contributed by atoms with Crippen LogP contribution in [0.25, 0.3) is 0 Å². The Balaban J connectivity index is 1.41. The molecule has 1 unspecified atom stereocenters. The summed E-state index contributed by atoms with van der Waals surface area (Å²) in [4.78, 5) is 25.7. The standard InChI is InChI=1S/C30H37N5O3S/c1-21-19-30(2,3)35(20-21)29-27(28(31)36)24(12-15-32-29)39(37,38)26-11-7-10-25(33-26)34-16-13-23(14-17-34)18-22-8-5-4-6-9-22/h4-12,15,21,23H,13-14,16-20H2,1-3H3,(H2,31,36). The van der Waals surface area contributed by atoms with Crippen LogP contribution in [0.3, 0.4) is 0 Å². The minimum Gasteiger partial charge on any atom is -0.365 e. The van der Waals surface area contributed by atoms with E-state index in [0.29, 0.717) is 30.0 Å². The normalized spacial score (nSPS) is 19.8. The maximum absolute atomic E-state index is 13.9.